The fourth-order valence-electron chi connectivity index (χ4n) is 3.33. The number of aromatic nitrogens is 2. The van der Waals surface area contributed by atoms with E-state index >= 15 is 0 Å². The molecule has 2 heterocycles. The lowest BCUT2D eigenvalue weighted by molar-refractivity contribution is -0.136. The molecule has 2 amide bonds. The number of imidazole rings is 1. The van der Waals surface area contributed by atoms with Gasteiger partial charge in [-0.15, -0.1) is 0 Å². The summed E-state index contributed by atoms with van der Waals surface area (Å²) in [6, 6.07) is 5.61. The predicted molar refractivity (Wildman–Crippen MR) is 103 cm³/mol. The molecular weight excluding hydrogens is 328 g/mol. The van der Waals surface area contributed by atoms with Crippen molar-refractivity contribution in [1.29, 1.82) is 0 Å². The van der Waals surface area contributed by atoms with Gasteiger partial charge in [0.2, 0.25) is 11.8 Å². The molecule has 1 atom stereocenters. The van der Waals surface area contributed by atoms with E-state index < -0.39 is 0 Å². The molecule has 0 saturated carbocycles. The summed E-state index contributed by atoms with van der Waals surface area (Å²) in [6.07, 6.45) is 2.87. The van der Waals surface area contributed by atoms with Crippen molar-refractivity contribution in [3.63, 3.8) is 0 Å². The van der Waals surface area contributed by atoms with Gasteiger partial charge in [0.05, 0.1) is 11.0 Å². The van der Waals surface area contributed by atoms with Gasteiger partial charge in [-0.05, 0) is 38.0 Å². The quantitative estimate of drug-likeness (QED) is 0.879. The van der Waals surface area contributed by atoms with Crippen molar-refractivity contribution in [3.05, 3.63) is 24.0 Å². The van der Waals surface area contributed by atoms with Gasteiger partial charge in [-0.3, -0.25) is 9.59 Å². The molecule has 6 heteroatoms. The zero-order valence-electron chi connectivity index (χ0n) is 16.1. The van der Waals surface area contributed by atoms with Gasteiger partial charge in [0.15, 0.2) is 0 Å². The van der Waals surface area contributed by atoms with Crippen LogP contribution in [-0.4, -0.2) is 39.3 Å². The number of carbonyl (C=O) groups excluding carboxylic acids is 2. The summed E-state index contributed by atoms with van der Waals surface area (Å²) in [7, 11) is 0. The number of hydrogen-bond acceptors (Lipinski definition) is 3. The van der Waals surface area contributed by atoms with Crippen LogP contribution in [0.1, 0.15) is 59.2 Å². The number of fused-ring (bicyclic) bond motifs is 1. The molecule has 26 heavy (non-hydrogen) atoms. The minimum Gasteiger partial charge on any atom is -0.341 e. The van der Waals surface area contributed by atoms with Gasteiger partial charge in [-0.25, -0.2) is 4.98 Å². The van der Waals surface area contributed by atoms with Crippen molar-refractivity contribution in [2.24, 2.45) is 0 Å². The van der Waals surface area contributed by atoms with E-state index in [0.717, 1.165) is 41.9 Å². The maximum atomic E-state index is 12.4. The largest absolute Gasteiger partial charge is 0.341 e. The van der Waals surface area contributed by atoms with Crippen LogP contribution < -0.4 is 5.32 Å². The lowest BCUT2D eigenvalue weighted by atomic mass is 9.96. The van der Waals surface area contributed by atoms with Gasteiger partial charge in [0.1, 0.15) is 5.82 Å². The van der Waals surface area contributed by atoms with Gasteiger partial charge in [-0.1, -0.05) is 20.8 Å². The number of piperidine rings is 1. The average molecular weight is 356 g/mol. The van der Waals surface area contributed by atoms with Crippen LogP contribution in [0.15, 0.2) is 18.2 Å². The van der Waals surface area contributed by atoms with Crippen LogP contribution in [0.25, 0.3) is 11.0 Å². The molecule has 1 aliphatic rings. The Hall–Kier alpha value is -2.37. The van der Waals surface area contributed by atoms with Crippen LogP contribution in [0.5, 0.6) is 0 Å². The number of amides is 2. The maximum absolute atomic E-state index is 12.4. The van der Waals surface area contributed by atoms with Crippen molar-refractivity contribution in [1.82, 2.24) is 14.9 Å². The monoisotopic (exact) mass is 356 g/mol. The van der Waals surface area contributed by atoms with Crippen molar-refractivity contribution in [3.8, 4) is 0 Å². The van der Waals surface area contributed by atoms with E-state index in [1.165, 1.54) is 0 Å². The van der Waals surface area contributed by atoms with Gasteiger partial charge < -0.3 is 15.2 Å². The SMILES string of the molecule is CC(CC(=O)Nc1ccc2nc(C(C)(C)C)[nH]c2c1)N1CCCCC1=O. The molecule has 0 radical (unpaired) electrons. The average Bonchev–Trinajstić information content (AvgIpc) is 2.98. The Morgan fingerprint density at radius 3 is 2.81 bits per heavy atom. The molecule has 140 valence electrons. The van der Waals surface area contributed by atoms with Gasteiger partial charge >= 0.3 is 0 Å². The summed E-state index contributed by atoms with van der Waals surface area (Å²) >= 11 is 0. The van der Waals surface area contributed by atoms with Crippen molar-refractivity contribution >= 4 is 28.5 Å². The summed E-state index contributed by atoms with van der Waals surface area (Å²) in [4.78, 5) is 34.2. The topological polar surface area (TPSA) is 78.1 Å². The summed E-state index contributed by atoms with van der Waals surface area (Å²) in [5.41, 5.74) is 2.48. The first-order valence-corrected chi connectivity index (χ1v) is 9.33. The minimum absolute atomic E-state index is 0.0567. The third-order valence-electron chi connectivity index (χ3n) is 4.85. The molecule has 0 aliphatic carbocycles. The normalized spacial score (nSPS) is 16.8. The Bertz CT molecular complexity index is 819. The molecule has 2 aromatic rings. The van der Waals surface area contributed by atoms with Crippen molar-refractivity contribution in [2.45, 2.75) is 64.8 Å². The fourth-order valence-corrected chi connectivity index (χ4v) is 3.33. The molecule has 6 nitrogen and oxygen atoms in total. The van der Waals surface area contributed by atoms with Crippen LogP contribution in [0.4, 0.5) is 5.69 Å². The fraction of sp³-hybridized carbons (Fsp3) is 0.550. The number of carbonyl (C=O) groups is 2. The van der Waals surface area contributed by atoms with Crippen LogP contribution in [0.2, 0.25) is 0 Å². The molecule has 0 bridgehead atoms. The van der Waals surface area contributed by atoms with E-state index in [2.05, 4.69) is 36.1 Å². The molecule has 1 saturated heterocycles. The number of H-pyrrole nitrogens is 1. The maximum Gasteiger partial charge on any atom is 0.226 e. The number of rotatable bonds is 4. The Labute approximate surface area is 154 Å². The van der Waals surface area contributed by atoms with Crippen molar-refractivity contribution in [2.75, 3.05) is 11.9 Å². The van der Waals surface area contributed by atoms with Crippen LogP contribution in [0, 0.1) is 0 Å². The lowest BCUT2D eigenvalue weighted by Gasteiger charge is -2.32. The molecule has 0 spiro atoms. The predicted octanol–water partition coefficient (Wildman–Crippen LogP) is 3.59. The second-order valence-corrected chi connectivity index (χ2v) is 8.21. The van der Waals surface area contributed by atoms with Crippen LogP contribution >= 0.6 is 0 Å². The summed E-state index contributed by atoms with van der Waals surface area (Å²) in [5.74, 6) is 1.00. The molecule has 1 fully saturated rings. The van der Waals surface area contributed by atoms with E-state index in [-0.39, 0.29) is 23.3 Å². The second-order valence-electron chi connectivity index (χ2n) is 8.21. The van der Waals surface area contributed by atoms with Crippen LogP contribution in [0.3, 0.4) is 0 Å². The lowest BCUT2D eigenvalue weighted by Crippen LogP contribution is -2.43. The number of nitrogens with one attached hydrogen (secondary N) is 2. The molecule has 1 aliphatic heterocycles. The Kier molecular flexibility index (Phi) is 5.03. The third-order valence-corrected chi connectivity index (χ3v) is 4.85. The number of aromatic amines is 1. The number of benzene rings is 1. The highest BCUT2D eigenvalue weighted by molar-refractivity contribution is 5.93. The molecule has 1 aromatic heterocycles. The third kappa shape index (κ3) is 4.06. The summed E-state index contributed by atoms with van der Waals surface area (Å²) in [6.45, 7) is 9.02. The Morgan fingerprint density at radius 2 is 2.12 bits per heavy atom. The first-order valence-electron chi connectivity index (χ1n) is 9.33. The first kappa shape index (κ1) is 18.4. The smallest absolute Gasteiger partial charge is 0.226 e. The number of anilines is 1. The summed E-state index contributed by atoms with van der Waals surface area (Å²) < 4.78 is 0. The Morgan fingerprint density at radius 1 is 1.35 bits per heavy atom. The summed E-state index contributed by atoms with van der Waals surface area (Å²) in [5, 5.41) is 2.94. The molecule has 1 unspecified atom stereocenters. The number of nitrogens with zero attached hydrogens (tertiary/aromatic N) is 2. The molecular formula is C20H28N4O2. The molecule has 3 rings (SSSR count). The number of hydrogen-bond donors (Lipinski definition) is 2. The standard InChI is InChI=1S/C20H28N4O2/c1-13(24-10-6-5-7-18(24)26)11-17(25)21-14-8-9-15-16(12-14)23-19(22-15)20(2,3)4/h8-9,12-13H,5-7,10-11H2,1-4H3,(H,21,25)(H,22,23). The molecule has 1 aromatic carbocycles. The Balaban J connectivity index is 1.66. The van der Waals surface area contributed by atoms with E-state index in [0.29, 0.717) is 12.8 Å². The zero-order valence-corrected chi connectivity index (χ0v) is 16.1. The van der Waals surface area contributed by atoms with E-state index in [4.69, 9.17) is 0 Å². The highest BCUT2D eigenvalue weighted by atomic mass is 16.2. The van der Waals surface area contributed by atoms with E-state index in [1.54, 1.807) is 0 Å². The first-order chi connectivity index (χ1) is 12.2. The van der Waals surface area contributed by atoms with Gasteiger partial charge in [-0.2, -0.15) is 0 Å². The van der Waals surface area contributed by atoms with E-state index in [1.807, 2.05) is 30.0 Å². The highest BCUT2D eigenvalue weighted by Gasteiger charge is 2.24. The second kappa shape index (κ2) is 7.09. The minimum atomic E-state index is -0.0780. The highest BCUT2D eigenvalue weighted by Crippen LogP contribution is 2.24. The van der Waals surface area contributed by atoms with Crippen LogP contribution in [-0.2, 0) is 15.0 Å². The zero-order chi connectivity index (χ0) is 18.9. The van der Waals surface area contributed by atoms with Crippen molar-refractivity contribution < 1.29 is 9.59 Å². The molecule has 2 N–H and O–H groups in total. The van der Waals surface area contributed by atoms with E-state index in [9.17, 15) is 9.59 Å². The van der Waals surface area contributed by atoms with Gasteiger partial charge in [0, 0.05) is 36.5 Å². The van der Waals surface area contributed by atoms with Gasteiger partial charge in [0.25, 0.3) is 0 Å². The number of likely N-dealkylation sites (tertiary alicyclic amines) is 1.